The summed E-state index contributed by atoms with van der Waals surface area (Å²) in [5, 5.41) is 2.22. The van der Waals surface area contributed by atoms with Crippen molar-refractivity contribution in [3.05, 3.63) is 65.2 Å². The van der Waals surface area contributed by atoms with Gasteiger partial charge in [-0.05, 0) is 36.8 Å². The van der Waals surface area contributed by atoms with Crippen LogP contribution in [0.5, 0.6) is 0 Å². The zero-order valence-corrected chi connectivity index (χ0v) is 16.0. The fourth-order valence-electron chi connectivity index (χ4n) is 2.44. The highest BCUT2D eigenvalue weighted by molar-refractivity contribution is 8.19. The fourth-order valence-corrected chi connectivity index (χ4v) is 5.30. The molecule has 0 aliphatic carbocycles. The zero-order chi connectivity index (χ0) is 19.4. The van der Waals surface area contributed by atoms with E-state index in [0.29, 0.717) is 10.1 Å². The van der Waals surface area contributed by atoms with E-state index in [9.17, 15) is 18.4 Å². The predicted molar refractivity (Wildman–Crippen MR) is 104 cm³/mol. The topological polar surface area (TPSA) is 55.4 Å². The Bertz CT molecular complexity index is 839. The Labute approximate surface area is 164 Å². The maximum Gasteiger partial charge on any atom is 0.338 e. The third-order valence-electron chi connectivity index (χ3n) is 3.88. The summed E-state index contributed by atoms with van der Waals surface area (Å²) >= 11 is 3.73. The smallest absolute Gasteiger partial charge is 0.338 e. The van der Waals surface area contributed by atoms with Crippen LogP contribution in [0.15, 0.2) is 42.5 Å². The number of amides is 1. The summed E-state index contributed by atoms with van der Waals surface area (Å²) in [4.78, 5) is 24.3. The van der Waals surface area contributed by atoms with E-state index in [1.54, 1.807) is 12.1 Å². The first-order valence-electron chi connectivity index (χ1n) is 8.24. The number of rotatable bonds is 5. The lowest BCUT2D eigenvalue weighted by molar-refractivity contribution is -0.123. The first kappa shape index (κ1) is 19.7. The Morgan fingerprint density at radius 3 is 2.44 bits per heavy atom. The molecule has 1 N–H and O–H groups in total. The van der Waals surface area contributed by atoms with Crippen molar-refractivity contribution in [2.24, 2.45) is 0 Å². The van der Waals surface area contributed by atoms with Gasteiger partial charge in [0.1, 0.15) is 11.6 Å². The summed E-state index contributed by atoms with van der Waals surface area (Å²) in [5.41, 5.74) is 1.15. The van der Waals surface area contributed by atoms with Crippen LogP contribution in [0.3, 0.4) is 0 Å². The summed E-state index contributed by atoms with van der Waals surface area (Å²) in [6, 6.07) is 9.78. The number of benzene rings is 2. The number of carbonyl (C=O) groups excluding carboxylic acids is 2. The van der Waals surface area contributed by atoms with Crippen LogP contribution in [0.25, 0.3) is 0 Å². The SMILES string of the molecule is C[C@H](OC(=O)c1ccc(C2SCCS2)cc1)C(=O)Nc1cc(F)ccc1F. The molecule has 0 unspecified atom stereocenters. The summed E-state index contributed by atoms with van der Waals surface area (Å²) in [7, 11) is 0. The number of nitrogens with one attached hydrogen (secondary N) is 1. The number of hydrogen-bond acceptors (Lipinski definition) is 5. The van der Waals surface area contributed by atoms with Gasteiger partial charge in [0.2, 0.25) is 0 Å². The molecule has 0 radical (unpaired) electrons. The molecule has 0 spiro atoms. The maximum absolute atomic E-state index is 13.6. The van der Waals surface area contributed by atoms with Gasteiger partial charge < -0.3 is 10.1 Å². The molecule has 2 aromatic rings. The van der Waals surface area contributed by atoms with Crippen molar-refractivity contribution in [1.29, 1.82) is 0 Å². The Kier molecular flexibility index (Phi) is 6.38. The minimum atomic E-state index is -1.17. The highest BCUT2D eigenvalue weighted by atomic mass is 32.2. The van der Waals surface area contributed by atoms with Crippen LogP contribution < -0.4 is 5.32 Å². The molecule has 1 atom stereocenters. The van der Waals surface area contributed by atoms with Crippen molar-refractivity contribution < 1.29 is 23.1 Å². The van der Waals surface area contributed by atoms with Crippen LogP contribution in [-0.4, -0.2) is 29.5 Å². The van der Waals surface area contributed by atoms with E-state index in [4.69, 9.17) is 4.74 Å². The van der Waals surface area contributed by atoms with E-state index in [0.717, 1.165) is 35.3 Å². The van der Waals surface area contributed by atoms with Gasteiger partial charge in [-0.1, -0.05) is 12.1 Å². The van der Waals surface area contributed by atoms with Crippen LogP contribution in [-0.2, 0) is 9.53 Å². The molecule has 27 heavy (non-hydrogen) atoms. The first-order chi connectivity index (χ1) is 12.9. The molecule has 2 aromatic carbocycles. The largest absolute Gasteiger partial charge is 0.449 e. The third-order valence-corrected chi connectivity index (χ3v) is 6.98. The molecular weight excluding hydrogens is 392 g/mol. The van der Waals surface area contributed by atoms with Crippen LogP contribution in [0.4, 0.5) is 14.5 Å². The molecule has 3 rings (SSSR count). The maximum atomic E-state index is 13.6. The standard InChI is InChI=1S/C19H17F2NO3S2/c1-11(17(23)22-16-10-14(20)6-7-15(16)21)25-18(24)12-2-4-13(5-3-12)19-26-8-9-27-19/h2-7,10-11,19H,8-9H2,1H3,(H,22,23)/t11-/m0/s1. The van der Waals surface area contributed by atoms with Gasteiger partial charge in [-0.2, -0.15) is 0 Å². The second kappa shape index (κ2) is 8.75. The number of hydrogen-bond donors (Lipinski definition) is 1. The van der Waals surface area contributed by atoms with Crippen molar-refractivity contribution in [2.45, 2.75) is 17.6 Å². The molecule has 0 aromatic heterocycles. The van der Waals surface area contributed by atoms with E-state index in [1.807, 2.05) is 35.7 Å². The molecule has 1 aliphatic rings. The van der Waals surface area contributed by atoms with E-state index >= 15 is 0 Å². The third kappa shape index (κ3) is 5.01. The molecule has 4 nitrogen and oxygen atoms in total. The molecule has 0 saturated carbocycles. The molecule has 0 bridgehead atoms. The van der Waals surface area contributed by atoms with E-state index in [2.05, 4.69) is 5.32 Å². The van der Waals surface area contributed by atoms with Gasteiger partial charge >= 0.3 is 5.97 Å². The number of esters is 1. The second-order valence-electron chi connectivity index (χ2n) is 5.86. The zero-order valence-electron chi connectivity index (χ0n) is 14.4. The molecule has 1 saturated heterocycles. The number of halogens is 2. The van der Waals surface area contributed by atoms with Crippen molar-refractivity contribution in [1.82, 2.24) is 0 Å². The van der Waals surface area contributed by atoms with Crippen LogP contribution in [0.1, 0.15) is 27.4 Å². The normalized spacial score (nSPS) is 15.4. The summed E-state index contributed by atoms with van der Waals surface area (Å²) in [5.74, 6) is -0.648. The van der Waals surface area contributed by atoms with Crippen LogP contribution in [0, 0.1) is 11.6 Å². The van der Waals surface area contributed by atoms with Gasteiger partial charge in [0.15, 0.2) is 6.10 Å². The van der Waals surface area contributed by atoms with Gasteiger partial charge in [-0.15, -0.1) is 23.5 Å². The van der Waals surface area contributed by atoms with Crippen molar-refractivity contribution in [3.63, 3.8) is 0 Å². The average molecular weight is 409 g/mol. The van der Waals surface area contributed by atoms with Gasteiger partial charge in [-0.3, -0.25) is 4.79 Å². The van der Waals surface area contributed by atoms with E-state index in [1.165, 1.54) is 6.92 Å². The summed E-state index contributed by atoms with van der Waals surface area (Å²) in [6.45, 7) is 1.37. The second-order valence-corrected chi connectivity index (χ2v) is 8.58. The molecule has 1 fully saturated rings. The molecule has 1 amide bonds. The van der Waals surface area contributed by atoms with E-state index < -0.39 is 29.6 Å². The quantitative estimate of drug-likeness (QED) is 0.730. The lowest BCUT2D eigenvalue weighted by Crippen LogP contribution is -2.30. The Hall–Kier alpha value is -2.06. The number of carbonyl (C=O) groups is 2. The Morgan fingerprint density at radius 2 is 1.78 bits per heavy atom. The predicted octanol–water partition coefficient (Wildman–Crippen LogP) is 4.63. The number of ether oxygens (including phenoxy) is 1. The lowest BCUT2D eigenvalue weighted by atomic mass is 10.1. The van der Waals surface area contributed by atoms with Gasteiger partial charge in [-0.25, -0.2) is 13.6 Å². The summed E-state index contributed by atoms with van der Waals surface area (Å²) in [6.07, 6.45) is -1.17. The highest BCUT2D eigenvalue weighted by Gasteiger charge is 2.22. The highest BCUT2D eigenvalue weighted by Crippen LogP contribution is 2.45. The Morgan fingerprint density at radius 1 is 1.11 bits per heavy atom. The van der Waals surface area contributed by atoms with Gasteiger partial charge in [0.25, 0.3) is 5.91 Å². The first-order valence-corrected chi connectivity index (χ1v) is 10.3. The van der Waals surface area contributed by atoms with Crippen LogP contribution in [0.2, 0.25) is 0 Å². The molecular formula is C19H17F2NO3S2. The van der Waals surface area contributed by atoms with Crippen LogP contribution >= 0.6 is 23.5 Å². The number of thioether (sulfide) groups is 2. The van der Waals surface area contributed by atoms with E-state index in [-0.39, 0.29) is 5.69 Å². The average Bonchev–Trinajstić information content (AvgIpc) is 3.19. The molecule has 142 valence electrons. The minimum Gasteiger partial charge on any atom is -0.449 e. The van der Waals surface area contributed by atoms with Gasteiger partial charge in [0, 0.05) is 17.6 Å². The van der Waals surface area contributed by atoms with Crippen molar-refractivity contribution in [3.8, 4) is 0 Å². The van der Waals surface area contributed by atoms with Crippen molar-refractivity contribution in [2.75, 3.05) is 16.8 Å². The lowest BCUT2D eigenvalue weighted by Gasteiger charge is -2.14. The number of anilines is 1. The molecule has 1 heterocycles. The Balaban J connectivity index is 1.59. The van der Waals surface area contributed by atoms with Crippen molar-refractivity contribution >= 4 is 41.1 Å². The summed E-state index contributed by atoms with van der Waals surface area (Å²) < 4.78 is 32.3. The fraction of sp³-hybridized carbons (Fsp3) is 0.263. The molecule has 8 heteroatoms. The van der Waals surface area contributed by atoms with Gasteiger partial charge in [0.05, 0.1) is 15.8 Å². The monoisotopic (exact) mass is 409 g/mol. The minimum absolute atomic E-state index is 0.307. The molecule has 1 aliphatic heterocycles.